The molecule has 1 saturated carbocycles. The summed E-state index contributed by atoms with van der Waals surface area (Å²) in [6, 6.07) is 5.95. The van der Waals surface area contributed by atoms with Crippen molar-refractivity contribution in [3.8, 4) is 5.75 Å². The number of benzene rings is 1. The second-order valence-corrected chi connectivity index (χ2v) is 5.99. The topological polar surface area (TPSA) is 50.7 Å². The summed E-state index contributed by atoms with van der Waals surface area (Å²) in [6.07, 6.45) is 8.20. The number of para-hydroxylation sites is 1. The molecule has 0 aliphatic heterocycles. The average Bonchev–Trinajstić information content (AvgIpc) is 2.45. The highest BCUT2D eigenvalue weighted by Crippen LogP contribution is 2.22. The number of carbonyl (C=O) groups is 1. The van der Waals surface area contributed by atoms with Gasteiger partial charge < -0.3 is 4.74 Å². The van der Waals surface area contributed by atoms with Crippen molar-refractivity contribution in [1.29, 1.82) is 0 Å². The van der Waals surface area contributed by atoms with Crippen molar-refractivity contribution in [2.75, 3.05) is 6.61 Å². The Bertz CT molecular complexity index is 508. The fourth-order valence-electron chi connectivity index (χ4n) is 2.76. The van der Waals surface area contributed by atoms with Crippen LogP contribution in [0.5, 0.6) is 5.75 Å². The van der Waals surface area contributed by atoms with Crippen LogP contribution in [0.3, 0.4) is 0 Å². The maximum absolute atomic E-state index is 11.9. The number of hydrazone groups is 1. The van der Waals surface area contributed by atoms with Gasteiger partial charge in [-0.15, -0.1) is 0 Å². The van der Waals surface area contributed by atoms with E-state index in [0.717, 1.165) is 35.4 Å². The van der Waals surface area contributed by atoms with Crippen LogP contribution in [0.15, 0.2) is 23.3 Å². The van der Waals surface area contributed by atoms with Crippen LogP contribution < -0.4 is 10.2 Å². The Morgan fingerprint density at radius 1 is 1.09 bits per heavy atom. The second kappa shape index (κ2) is 8.57. The van der Waals surface area contributed by atoms with Crippen molar-refractivity contribution >= 4 is 11.6 Å². The Kier molecular flexibility index (Phi) is 6.44. The monoisotopic (exact) mass is 302 g/mol. The van der Waals surface area contributed by atoms with Gasteiger partial charge in [-0.2, -0.15) is 5.10 Å². The standard InChI is InChI=1S/C18H26N2O2/c1-14-9-8-10-15(2)18(14)22-13-17(21)20-19-16-11-6-4-3-5-7-12-16/h8-10H,3-7,11-13H2,1-2H3,(H,20,21). The van der Waals surface area contributed by atoms with Crippen LogP contribution >= 0.6 is 0 Å². The fourth-order valence-corrected chi connectivity index (χ4v) is 2.76. The Morgan fingerprint density at radius 2 is 1.68 bits per heavy atom. The van der Waals surface area contributed by atoms with E-state index in [4.69, 9.17) is 4.74 Å². The molecule has 0 bridgehead atoms. The molecule has 120 valence electrons. The highest BCUT2D eigenvalue weighted by molar-refractivity contribution is 5.86. The normalized spacial score (nSPS) is 15.6. The lowest BCUT2D eigenvalue weighted by atomic mass is 9.99. The highest BCUT2D eigenvalue weighted by Gasteiger charge is 2.08. The molecule has 2 rings (SSSR count). The van der Waals surface area contributed by atoms with Crippen LogP contribution in [0.25, 0.3) is 0 Å². The number of ether oxygens (including phenoxy) is 1. The van der Waals surface area contributed by atoms with E-state index in [1.807, 2.05) is 32.0 Å². The summed E-state index contributed by atoms with van der Waals surface area (Å²) in [4.78, 5) is 11.9. The summed E-state index contributed by atoms with van der Waals surface area (Å²) in [6.45, 7) is 3.96. The van der Waals surface area contributed by atoms with E-state index in [9.17, 15) is 4.79 Å². The molecule has 4 nitrogen and oxygen atoms in total. The first-order valence-corrected chi connectivity index (χ1v) is 8.20. The molecule has 22 heavy (non-hydrogen) atoms. The summed E-state index contributed by atoms with van der Waals surface area (Å²) in [5.41, 5.74) is 5.83. The molecule has 1 aliphatic rings. The minimum Gasteiger partial charge on any atom is -0.483 e. The highest BCUT2D eigenvalue weighted by atomic mass is 16.5. The first-order valence-electron chi connectivity index (χ1n) is 8.20. The number of nitrogens with zero attached hydrogens (tertiary/aromatic N) is 1. The largest absolute Gasteiger partial charge is 0.483 e. The van der Waals surface area contributed by atoms with Gasteiger partial charge in [-0.05, 0) is 50.7 Å². The molecular weight excluding hydrogens is 276 g/mol. The van der Waals surface area contributed by atoms with Crippen molar-refractivity contribution in [2.45, 2.75) is 58.8 Å². The van der Waals surface area contributed by atoms with Gasteiger partial charge in [0.15, 0.2) is 6.61 Å². The number of aryl methyl sites for hydroxylation is 2. The zero-order valence-corrected chi connectivity index (χ0v) is 13.7. The number of carbonyl (C=O) groups excluding carboxylic acids is 1. The first kappa shape index (κ1) is 16.5. The Labute approximate surface area is 132 Å². The van der Waals surface area contributed by atoms with Crippen LogP contribution in [0.1, 0.15) is 56.1 Å². The van der Waals surface area contributed by atoms with Crippen LogP contribution in [-0.4, -0.2) is 18.2 Å². The van der Waals surface area contributed by atoms with Crippen molar-refractivity contribution in [3.63, 3.8) is 0 Å². The molecule has 1 fully saturated rings. The Morgan fingerprint density at radius 3 is 2.32 bits per heavy atom. The lowest BCUT2D eigenvalue weighted by Crippen LogP contribution is -2.26. The minimum absolute atomic E-state index is 0.00245. The number of rotatable bonds is 4. The third-order valence-electron chi connectivity index (χ3n) is 4.03. The van der Waals surface area contributed by atoms with Gasteiger partial charge in [0.1, 0.15) is 5.75 Å². The lowest BCUT2D eigenvalue weighted by molar-refractivity contribution is -0.123. The van der Waals surface area contributed by atoms with E-state index in [1.54, 1.807) is 0 Å². The lowest BCUT2D eigenvalue weighted by Gasteiger charge is -2.12. The van der Waals surface area contributed by atoms with Gasteiger partial charge in [-0.3, -0.25) is 4.79 Å². The molecule has 0 atom stereocenters. The average molecular weight is 302 g/mol. The van der Waals surface area contributed by atoms with E-state index >= 15 is 0 Å². The van der Waals surface area contributed by atoms with E-state index in [0.29, 0.717) is 0 Å². The molecule has 1 aromatic carbocycles. The number of hydrogen-bond donors (Lipinski definition) is 1. The Balaban J connectivity index is 1.82. The maximum Gasteiger partial charge on any atom is 0.277 e. The van der Waals surface area contributed by atoms with E-state index in [2.05, 4.69) is 10.5 Å². The quantitative estimate of drug-likeness (QED) is 0.858. The van der Waals surface area contributed by atoms with E-state index in [1.165, 1.54) is 32.1 Å². The molecule has 1 aromatic rings. The van der Waals surface area contributed by atoms with E-state index < -0.39 is 0 Å². The van der Waals surface area contributed by atoms with Crippen LogP contribution in [-0.2, 0) is 4.79 Å². The fraction of sp³-hybridized carbons (Fsp3) is 0.556. The molecule has 0 heterocycles. The third-order valence-corrected chi connectivity index (χ3v) is 4.03. The summed E-state index contributed by atoms with van der Waals surface area (Å²) in [5, 5.41) is 4.28. The van der Waals surface area contributed by atoms with Gasteiger partial charge in [-0.25, -0.2) is 5.43 Å². The van der Waals surface area contributed by atoms with Gasteiger partial charge in [0.05, 0.1) is 0 Å². The van der Waals surface area contributed by atoms with Crippen LogP contribution in [0, 0.1) is 13.8 Å². The smallest absolute Gasteiger partial charge is 0.277 e. The second-order valence-electron chi connectivity index (χ2n) is 5.99. The molecule has 1 aliphatic carbocycles. The SMILES string of the molecule is Cc1cccc(C)c1OCC(=O)NN=C1CCCCCCC1. The molecule has 0 saturated heterocycles. The summed E-state index contributed by atoms with van der Waals surface area (Å²) < 4.78 is 5.63. The number of hydrogen-bond acceptors (Lipinski definition) is 3. The molecule has 0 unspecified atom stereocenters. The third kappa shape index (κ3) is 5.17. The molecule has 1 N–H and O–H groups in total. The molecule has 0 aromatic heterocycles. The predicted octanol–water partition coefficient (Wildman–Crippen LogP) is 3.90. The molecule has 1 amide bonds. The van der Waals surface area contributed by atoms with Gasteiger partial charge in [0.25, 0.3) is 5.91 Å². The summed E-state index contributed by atoms with van der Waals surface area (Å²) in [7, 11) is 0. The van der Waals surface area contributed by atoms with Gasteiger partial charge in [-0.1, -0.05) is 37.5 Å². The first-order chi connectivity index (χ1) is 10.7. The van der Waals surface area contributed by atoms with Gasteiger partial charge >= 0.3 is 0 Å². The number of nitrogens with one attached hydrogen (secondary N) is 1. The van der Waals surface area contributed by atoms with Gasteiger partial charge in [0, 0.05) is 5.71 Å². The summed E-state index contributed by atoms with van der Waals surface area (Å²) in [5.74, 6) is 0.591. The van der Waals surface area contributed by atoms with Crippen LogP contribution in [0.2, 0.25) is 0 Å². The maximum atomic E-state index is 11.9. The van der Waals surface area contributed by atoms with Crippen molar-refractivity contribution in [2.24, 2.45) is 5.10 Å². The predicted molar refractivity (Wildman–Crippen MR) is 89.3 cm³/mol. The van der Waals surface area contributed by atoms with Crippen molar-refractivity contribution in [1.82, 2.24) is 5.43 Å². The minimum atomic E-state index is -0.197. The van der Waals surface area contributed by atoms with Crippen LogP contribution in [0.4, 0.5) is 0 Å². The molecule has 0 spiro atoms. The van der Waals surface area contributed by atoms with Crippen molar-refractivity contribution < 1.29 is 9.53 Å². The number of amides is 1. The van der Waals surface area contributed by atoms with Gasteiger partial charge in [0.2, 0.25) is 0 Å². The zero-order valence-electron chi connectivity index (χ0n) is 13.7. The van der Waals surface area contributed by atoms with E-state index in [-0.39, 0.29) is 12.5 Å². The summed E-state index contributed by atoms with van der Waals surface area (Å²) >= 11 is 0. The zero-order chi connectivity index (χ0) is 15.8. The Hall–Kier alpha value is -1.84. The molecule has 0 radical (unpaired) electrons. The molecular formula is C18H26N2O2. The molecule has 4 heteroatoms. The van der Waals surface area contributed by atoms with Crippen molar-refractivity contribution in [3.05, 3.63) is 29.3 Å².